The number of methoxy groups -OCH3 is 1. The van der Waals surface area contributed by atoms with Crippen LogP contribution < -0.4 is 5.73 Å². The maximum absolute atomic E-state index is 13.2. The van der Waals surface area contributed by atoms with E-state index in [-0.39, 0.29) is 5.82 Å². The molecule has 0 aromatic heterocycles. The Kier molecular flexibility index (Phi) is 4.92. The van der Waals surface area contributed by atoms with Crippen LogP contribution in [-0.4, -0.2) is 19.1 Å². The Hall–Kier alpha value is -1.42. The summed E-state index contributed by atoms with van der Waals surface area (Å²) in [6.07, 6.45) is 1.75. The molecule has 88 valence electrons. The summed E-state index contributed by atoms with van der Waals surface area (Å²) in [6, 6.07) is 5.99. The summed E-state index contributed by atoms with van der Waals surface area (Å²) in [4.78, 5) is 11.0. The zero-order chi connectivity index (χ0) is 12.0. The Morgan fingerprint density at radius 1 is 1.50 bits per heavy atom. The van der Waals surface area contributed by atoms with Gasteiger partial charge in [0.1, 0.15) is 11.9 Å². The average Bonchev–Trinajstić information content (AvgIpc) is 2.30. The summed E-state index contributed by atoms with van der Waals surface area (Å²) in [5, 5.41) is 0. The zero-order valence-corrected chi connectivity index (χ0v) is 9.28. The van der Waals surface area contributed by atoms with Gasteiger partial charge in [0.05, 0.1) is 7.11 Å². The van der Waals surface area contributed by atoms with Crippen LogP contribution in [-0.2, 0) is 16.0 Å². The third kappa shape index (κ3) is 3.62. The second kappa shape index (κ2) is 6.23. The van der Waals surface area contributed by atoms with Gasteiger partial charge in [-0.1, -0.05) is 18.2 Å². The Bertz CT molecular complexity index is 355. The lowest BCUT2D eigenvalue weighted by atomic mass is 10.0. The SMILES string of the molecule is COC(=O)C(N)CCCc1ccccc1F. The monoisotopic (exact) mass is 225 g/mol. The minimum absolute atomic E-state index is 0.214. The van der Waals surface area contributed by atoms with Gasteiger partial charge in [0, 0.05) is 0 Å². The van der Waals surface area contributed by atoms with Gasteiger partial charge < -0.3 is 10.5 Å². The number of ether oxygens (including phenoxy) is 1. The molecule has 1 aromatic carbocycles. The number of esters is 1. The third-order valence-corrected chi connectivity index (χ3v) is 2.42. The van der Waals surface area contributed by atoms with Gasteiger partial charge in [0.25, 0.3) is 0 Å². The maximum atomic E-state index is 13.2. The summed E-state index contributed by atoms with van der Waals surface area (Å²) in [6.45, 7) is 0. The molecule has 2 N–H and O–H groups in total. The van der Waals surface area contributed by atoms with E-state index < -0.39 is 12.0 Å². The van der Waals surface area contributed by atoms with Crippen molar-refractivity contribution < 1.29 is 13.9 Å². The minimum Gasteiger partial charge on any atom is -0.468 e. The quantitative estimate of drug-likeness (QED) is 0.775. The van der Waals surface area contributed by atoms with E-state index in [0.717, 1.165) is 0 Å². The maximum Gasteiger partial charge on any atom is 0.322 e. The molecule has 1 rings (SSSR count). The molecule has 0 amide bonds. The highest BCUT2D eigenvalue weighted by Gasteiger charge is 2.13. The van der Waals surface area contributed by atoms with Crippen molar-refractivity contribution in [1.82, 2.24) is 0 Å². The molecular weight excluding hydrogens is 209 g/mol. The van der Waals surface area contributed by atoms with Crippen LogP contribution in [0.1, 0.15) is 18.4 Å². The van der Waals surface area contributed by atoms with Crippen LogP contribution in [0.25, 0.3) is 0 Å². The van der Waals surface area contributed by atoms with Crippen molar-refractivity contribution in [3.63, 3.8) is 0 Å². The van der Waals surface area contributed by atoms with E-state index >= 15 is 0 Å². The highest BCUT2D eigenvalue weighted by atomic mass is 19.1. The van der Waals surface area contributed by atoms with Crippen molar-refractivity contribution in [1.29, 1.82) is 0 Å². The summed E-state index contributed by atoms with van der Waals surface area (Å²) in [5.74, 6) is -0.636. The number of carbonyl (C=O) groups excluding carboxylic acids is 1. The predicted molar refractivity (Wildman–Crippen MR) is 59.3 cm³/mol. The van der Waals surface area contributed by atoms with E-state index in [4.69, 9.17) is 5.73 Å². The second-order valence-corrected chi connectivity index (χ2v) is 3.61. The lowest BCUT2D eigenvalue weighted by Gasteiger charge is -2.08. The molecule has 0 spiro atoms. The molecule has 16 heavy (non-hydrogen) atoms. The van der Waals surface area contributed by atoms with Crippen molar-refractivity contribution >= 4 is 5.97 Å². The van der Waals surface area contributed by atoms with Gasteiger partial charge in [-0.3, -0.25) is 4.79 Å². The molecule has 0 bridgehead atoms. The van der Waals surface area contributed by atoms with Gasteiger partial charge in [-0.15, -0.1) is 0 Å². The van der Waals surface area contributed by atoms with Crippen molar-refractivity contribution in [2.75, 3.05) is 7.11 Å². The van der Waals surface area contributed by atoms with Crippen molar-refractivity contribution in [2.24, 2.45) is 5.73 Å². The molecule has 0 saturated carbocycles. The Labute approximate surface area is 94.4 Å². The van der Waals surface area contributed by atoms with Gasteiger partial charge >= 0.3 is 5.97 Å². The first kappa shape index (κ1) is 12.6. The second-order valence-electron chi connectivity index (χ2n) is 3.61. The van der Waals surface area contributed by atoms with Crippen molar-refractivity contribution in [3.8, 4) is 0 Å². The first-order chi connectivity index (χ1) is 7.65. The highest BCUT2D eigenvalue weighted by molar-refractivity contribution is 5.75. The largest absolute Gasteiger partial charge is 0.468 e. The standard InChI is InChI=1S/C12H16FNO2/c1-16-12(15)11(14)8-4-6-9-5-2-3-7-10(9)13/h2-3,5,7,11H,4,6,8,14H2,1H3. The normalized spacial score (nSPS) is 12.2. The van der Waals surface area contributed by atoms with Crippen LogP contribution in [0, 0.1) is 5.82 Å². The van der Waals surface area contributed by atoms with E-state index in [1.54, 1.807) is 18.2 Å². The van der Waals surface area contributed by atoms with Crippen LogP contribution >= 0.6 is 0 Å². The van der Waals surface area contributed by atoms with Gasteiger partial charge in [-0.05, 0) is 30.9 Å². The number of carbonyl (C=O) groups is 1. The molecule has 3 nitrogen and oxygen atoms in total. The average molecular weight is 225 g/mol. The number of halogens is 1. The fourth-order valence-electron chi connectivity index (χ4n) is 1.48. The van der Waals surface area contributed by atoms with Gasteiger partial charge in [-0.25, -0.2) is 4.39 Å². The van der Waals surface area contributed by atoms with E-state index in [9.17, 15) is 9.18 Å². The van der Waals surface area contributed by atoms with E-state index in [0.29, 0.717) is 24.8 Å². The van der Waals surface area contributed by atoms with Crippen molar-refractivity contribution in [2.45, 2.75) is 25.3 Å². The molecule has 0 aliphatic rings. The van der Waals surface area contributed by atoms with E-state index in [2.05, 4.69) is 4.74 Å². The molecule has 0 radical (unpaired) electrons. The summed E-state index contributed by atoms with van der Waals surface area (Å²) in [7, 11) is 1.30. The van der Waals surface area contributed by atoms with Gasteiger partial charge in [0.2, 0.25) is 0 Å². The Morgan fingerprint density at radius 2 is 2.19 bits per heavy atom. The molecule has 1 unspecified atom stereocenters. The minimum atomic E-state index is -0.614. The molecule has 1 aromatic rings. The van der Waals surface area contributed by atoms with Crippen LogP contribution in [0.2, 0.25) is 0 Å². The fourth-order valence-corrected chi connectivity index (χ4v) is 1.48. The van der Waals surface area contributed by atoms with Crippen LogP contribution in [0.3, 0.4) is 0 Å². The summed E-state index contributed by atoms with van der Waals surface area (Å²) < 4.78 is 17.7. The topological polar surface area (TPSA) is 52.3 Å². The van der Waals surface area contributed by atoms with Crippen LogP contribution in [0.5, 0.6) is 0 Å². The third-order valence-electron chi connectivity index (χ3n) is 2.42. The highest BCUT2D eigenvalue weighted by Crippen LogP contribution is 2.10. The number of nitrogens with two attached hydrogens (primary N) is 1. The first-order valence-corrected chi connectivity index (χ1v) is 5.22. The molecule has 0 saturated heterocycles. The molecular formula is C12H16FNO2. The lowest BCUT2D eigenvalue weighted by Crippen LogP contribution is -2.31. The number of benzene rings is 1. The molecule has 1 atom stereocenters. The van der Waals surface area contributed by atoms with Gasteiger partial charge in [0.15, 0.2) is 0 Å². The van der Waals surface area contributed by atoms with E-state index in [1.807, 2.05) is 0 Å². The Morgan fingerprint density at radius 3 is 2.81 bits per heavy atom. The number of hydrogen-bond donors (Lipinski definition) is 1. The lowest BCUT2D eigenvalue weighted by molar-refractivity contribution is -0.142. The predicted octanol–water partition coefficient (Wildman–Crippen LogP) is 1.65. The molecule has 0 aliphatic carbocycles. The number of aryl methyl sites for hydroxylation is 1. The van der Waals surface area contributed by atoms with Crippen LogP contribution in [0.4, 0.5) is 4.39 Å². The number of hydrogen-bond acceptors (Lipinski definition) is 3. The van der Waals surface area contributed by atoms with Gasteiger partial charge in [-0.2, -0.15) is 0 Å². The summed E-state index contributed by atoms with van der Waals surface area (Å²) in [5.41, 5.74) is 6.21. The van der Waals surface area contributed by atoms with Crippen molar-refractivity contribution in [3.05, 3.63) is 35.6 Å². The zero-order valence-electron chi connectivity index (χ0n) is 9.28. The smallest absolute Gasteiger partial charge is 0.322 e. The van der Waals surface area contributed by atoms with Crippen LogP contribution in [0.15, 0.2) is 24.3 Å². The molecule has 0 fully saturated rings. The van der Waals surface area contributed by atoms with E-state index in [1.165, 1.54) is 13.2 Å². The molecule has 4 heteroatoms. The fraction of sp³-hybridized carbons (Fsp3) is 0.417. The molecule has 0 aliphatic heterocycles. The summed E-state index contributed by atoms with van der Waals surface area (Å²) >= 11 is 0. The Balaban J connectivity index is 2.36. The first-order valence-electron chi connectivity index (χ1n) is 5.22. The number of rotatable bonds is 5. The molecule has 0 heterocycles.